The van der Waals surface area contributed by atoms with E-state index in [2.05, 4.69) is 15.0 Å². The van der Waals surface area contributed by atoms with Crippen molar-refractivity contribution in [2.45, 2.75) is 83.1 Å². The van der Waals surface area contributed by atoms with Crippen molar-refractivity contribution in [3.63, 3.8) is 0 Å². The summed E-state index contributed by atoms with van der Waals surface area (Å²) in [4.78, 5) is 27.5. The maximum absolute atomic E-state index is 14.1. The van der Waals surface area contributed by atoms with Crippen LogP contribution in [0.1, 0.15) is 67.3 Å². The summed E-state index contributed by atoms with van der Waals surface area (Å²) in [6.45, 7) is 0.962. The average molecular weight is 601 g/mol. The van der Waals surface area contributed by atoms with Crippen LogP contribution >= 0.6 is 0 Å². The van der Waals surface area contributed by atoms with Gasteiger partial charge in [0.05, 0.1) is 37.3 Å². The number of nitrogens with one attached hydrogen (secondary N) is 1. The number of carbonyl (C=O) groups is 1. The van der Waals surface area contributed by atoms with Crippen LogP contribution in [0.15, 0.2) is 85.6 Å². The smallest absolute Gasteiger partial charge is 0.242 e. The predicted octanol–water partition coefficient (Wildman–Crippen LogP) is 4.73. The summed E-state index contributed by atoms with van der Waals surface area (Å²) in [5.41, 5.74) is 9.27. The molecule has 1 amide bonds. The molecule has 234 valence electrons. The summed E-state index contributed by atoms with van der Waals surface area (Å²) in [5, 5.41) is 12.0. The van der Waals surface area contributed by atoms with Crippen LogP contribution in [0.3, 0.4) is 0 Å². The topological polar surface area (TPSA) is 132 Å². The molecule has 0 aliphatic heterocycles. The zero-order chi connectivity index (χ0) is 30.6. The van der Waals surface area contributed by atoms with Gasteiger partial charge in [0, 0.05) is 25.0 Å². The Morgan fingerprint density at radius 3 is 2.34 bits per heavy atom. The Bertz CT molecular complexity index is 1380. The minimum atomic E-state index is -1.07. The van der Waals surface area contributed by atoms with Crippen molar-refractivity contribution in [1.82, 2.24) is 24.4 Å². The SMILES string of the molecule is N[C@@H](Cc1c[nH]cn1)C(=O)N(COCc1ccccc1)[C@@H](CC1CCCCC1)[C@@H](O)c1nccn1COCc1ccccc1. The lowest BCUT2D eigenvalue weighted by Gasteiger charge is -2.38. The van der Waals surface area contributed by atoms with E-state index in [4.69, 9.17) is 15.2 Å². The summed E-state index contributed by atoms with van der Waals surface area (Å²) in [7, 11) is 0. The fraction of sp³-hybridized carbons (Fsp3) is 0.441. The van der Waals surface area contributed by atoms with Crippen LogP contribution in [0.25, 0.3) is 0 Å². The number of nitrogens with two attached hydrogens (primary N) is 1. The van der Waals surface area contributed by atoms with Crippen molar-refractivity contribution in [3.8, 4) is 0 Å². The number of carbonyl (C=O) groups excluding carboxylic acids is 1. The molecule has 1 fully saturated rings. The van der Waals surface area contributed by atoms with E-state index in [9.17, 15) is 9.90 Å². The fourth-order valence-corrected chi connectivity index (χ4v) is 5.98. The number of imidazole rings is 2. The minimum absolute atomic E-state index is 0.0122. The van der Waals surface area contributed by atoms with Crippen LogP contribution in [0.2, 0.25) is 0 Å². The first-order chi connectivity index (χ1) is 21.6. The van der Waals surface area contributed by atoms with Crippen LogP contribution in [-0.2, 0) is 40.6 Å². The number of aromatic amines is 1. The highest BCUT2D eigenvalue weighted by Crippen LogP contribution is 2.33. The van der Waals surface area contributed by atoms with Gasteiger partial charge >= 0.3 is 0 Å². The van der Waals surface area contributed by atoms with Gasteiger partial charge in [-0.15, -0.1) is 0 Å². The van der Waals surface area contributed by atoms with E-state index >= 15 is 0 Å². The van der Waals surface area contributed by atoms with E-state index in [1.165, 1.54) is 6.42 Å². The molecule has 44 heavy (non-hydrogen) atoms. The summed E-state index contributed by atoms with van der Waals surface area (Å²) in [5.74, 6) is 0.521. The van der Waals surface area contributed by atoms with E-state index in [1.807, 2.05) is 60.7 Å². The molecule has 10 heteroatoms. The molecule has 3 atom stereocenters. The summed E-state index contributed by atoms with van der Waals surface area (Å²) < 4.78 is 13.9. The van der Waals surface area contributed by atoms with Crippen LogP contribution in [0, 0.1) is 5.92 Å². The number of hydrogen-bond acceptors (Lipinski definition) is 7. The quantitative estimate of drug-likeness (QED) is 0.159. The molecular weight excluding hydrogens is 556 g/mol. The Labute approximate surface area is 259 Å². The molecule has 10 nitrogen and oxygen atoms in total. The third kappa shape index (κ3) is 8.86. The number of H-pyrrole nitrogens is 1. The fourth-order valence-electron chi connectivity index (χ4n) is 5.98. The Kier molecular flexibility index (Phi) is 11.7. The average Bonchev–Trinajstić information content (AvgIpc) is 3.76. The van der Waals surface area contributed by atoms with Crippen molar-refractivity contribution < 1.29 is 19.4 Å². The number of benzene rings is 2. The molecule has 1 aliphatic carbocycles. The number of amides is 1. The van der Waals surface area contributed by atoms with Crippen LogP contribution in [-0.4, -0.2) is 54.2 Å². The lowest BCUT2D eigenvalue weighted by Crippen LogP contribution is -2.53. The molecule has 1 saturated carbocycles. The number of nitrogens with zero attached hydrogens (tertiary/aromatic N) is 4. The first kappa shape index (κ1) is 31.6. The van der Waals surface area contributed by atoms with Crippen molar-refractivity contribution in [2.75, 3.05) is 6.73 Å². The molecule has 0 radical (unpaired) electrons. The molecule has 0 bridgehead atoms. The Morgan fingerprint density at radius 1 is 1.00 bits per heavy atom. The van der Waals surface area contributed by atoms with Gasteiger partial charge in [-0.05, 0) is 23.5 Å². The standard InChI is InChI=1S/C34H44N6O4/c35-30(19-29-20-36-23-38-29)34(42)40(25-44-22-28-14-8-3-9-15-28)31(18-26-10-4-1-5-11-26)32(41)33-37-16-17-39(33)24-43-21-27-12-6-2-7-13-27/h2-3,6-9,12-17,20,23,26,30-32,41H,1,4-5,10-11,18-19,21-22,24-25,35H2,(H,36,38)/t30-,31-,32+/m0/s1. The molecule has 0 spiro atoms. The van der Waals surface area contributed by atoms with E-state index in [-0.39, 0.29) is 25.8 Å². The second-order valence-corrected chi connectivity index (χ2v) is 11.6. The van der Waals surface area contributed by atoms with Gasteiger partial charge < -0.3 is 34.8 Å². The van der Waals surface area contributed by atoms with E-state index in [0.29, 0.717) is 37.1 Å². The highest BCUT2D eigenvalue weighted by atomic mass is 16.5. The van der Waals surface area contributed by atoms with Gasteiger partial charge in [-0.2, -0.15) is 0 Å². The molecule has 5 rings (SSSR count). The van der Waals surface area contributed by atoms with Gasteiger partial charge in [0.1, 0.15) is 25.4 Å². The predicted molar refractivity (Wildman–Crippen MR) is 167 cm³/mol. The van der Waals surface area contributed by atoms with Gasteiger partial charge in [0.25, 0.3) is 0 Å². The number of ether oxygens (including phenoxy) is 2. The molecule has 0 unspecified atom stereocenters. The Hall–Kier alpha value is -3.83. The van der Waals surface area contributed by atoms with E-state index in [1.54, 1.807) is 34.4 Å². The van der Waals surface area contributed by atoms with Crippen molar-refractivity contribution in [3.05, 3.63) is 108 Å². The van der Waals surface area contributed by atoms with Crippen LogP contribution in [0.5, 0.6) is 0 Å². The summed E-state index contributed by atoms with van der Waals surface area (Å²) >= 11 is 0. The highest BCUT2D eigenvalue weighted by molar-refractivity contribution is 5.82. The van der Waals surface area contributed by atoms with Gasteiger partial charge in [0.2, 0.25) is 5.91 Å². The Balaban J connectivity index is 1.37. The van der Waals surface area contributed by atoms with Gasteiger partial charge in [-0.25, -0.2) is 9.97 Å². The lowest BCUT2D eigenvalue weighted by atomic mass is 9.83. The molecule has 0 saturated heterocycles. The number of aromatic nitrogens is 4. The third-order valence-corrected chi connectivity index (χ3v) is 8.34. The molecule has 4 aromatic rings. The molecule has 4 N–H and O–H groups in total. The lowest BCUT2D eigenvalue weighted by molar-refractivity contribution is -0.148. The van der Waals surface area contributed by atoms with Gasteiger partial charge in [-0.1, -0.05) is 92.8 Å². The summed E-state index contributed by atoms with van der Waals surface area (Å²) in [6, 6.07) is 18.3. The van der Waals surface area contributed by atoms with Crippen LogP contribution in [0.4, 0.5) is 0 Å². The molecule has 2 aromatic heterocycles. The molecular formula is C34H44N6O4. The monoisotopic (exact) mass is 600 g/mol. The minimum Gasteiger partial charge on any atom is -0.383 e. The number of hydrogen-bond donors (Lipinski definition) is 3. The van der Waals surface area contributed by atoms with Crippen molar-refractivity contribution in [1.29, 1.82) is 0 Å². The first-order valence-electron chi connectivity index (χ1n) is 15.5. The third-order valence-electron chi connectivity index (χ3n) is 8.34. The number of aliphatic hydroxyl groups excluding tert-OH is 1. The normalized spacial score (nSPS) is 16.0. The Morgan fingerprint density at radius 2 is 1.68 bits per heavy atom. The zero-order valence-corrected chi connectivity index (χ0v) is 25.2. The second-order valence-electron chi connectivity index (χ2n) is 11.6. The maximum Gasteiger partial charge on any atom is 0.242 e. The van der Waals surface area contributed by atoms with Gasteiger partial charge in [0.15, 0.2) is 0 Å². The van der Waals surface area contributed by atoms with Crippen molar-refractivity contribution >= 4 is 5.91 Å². The van der Waals surface area contributed by atoms with E-state index in [0.717, 1.165) is 36.8 Å². The number of rotatable bonds is 16. The number of aliphatic hydroxyl groups is 1. The van der Waals surface area contributed by atoms with E-state index < -0.39 is 18.2 Å². The maximum atomic E-state index is 14.1. The first-order valence-corrected chi connectivity index (χ1v) is 15.5. The highest BCUT2D eigenvalue weighted by Gasteiger charge is 2.37. The van der Waals surface area contributed by atoms with Crippen LogP contribution < -0.4 is 5.73 Å². The second kappa shape index (κ2) is 16.3. The van der Waals surface area contributed by atoms with Gasteiger partial charge in [-0.3, -0.25) is 4.79 Å². The largest absolute Gasteiger partial charge is 0.383 e. The molecule has 2 heterocycles. The zero-order valence-electron chi connectivity index (χ0n) is 25.2. The summed E-state index contributed by atoms with van der Waals surface area (Å²) in [6.07, 6.45) is 12.2. The molecule has 2 aromatic carbocycles. The molecule has 1 aliphatic rings. The van der Waals surface area contributed by atoms with Crippen molar-refractivity contribution in [2.24, 2.45) is 11.7 Å².